The summed E-state index contributed by atoms with van der Waals surface area (Å²) in [4.78, 5) is 0. The van der Waals surface area contributed by atoms with E-state index in [1.807, 2.05) is 38.1 Å². The van der Waals surface area contributed by atoms with E-state index in [0.717, 1.165) is 10.9 Å². The molecule has 0 heterocycles. The lowest BCUT2D eigenvalue weighted by molar-refractivity contribution is -0.109. The standard InChI is InChI=1S/C14H22BrNO2/c1-10(17)11(2)18-14(3,9-16)8-12-4-6-13(15)7-5-12/h4-7,10-11,17H,8-9,16H2,1-3H3. The molecule has 3 N–H and O–H groups in total. The molecule has 4 heteroatoms. The smallest absolute Gasteiger partial charge is 0.0821 e. The van der Waals surface area contributed by atoms with E-state index in [1.165, 1.54) is 5.56 Å². The first-order valence-corrected chi connectivity index (χ1v) is 6.96. The second-order valence-corrected chi connectivity index (χ2v) is 5.94. The van der Waals surface area contributed by atoms with Crippen molar-refractivity contribution in [2.45, 2.75) is 45.0 Å². The van der Waals surface area contributed by atoms with Gasteiger partial charge in [-0.3, -0.25) is 0 Å². The molecule has 18 heavy (non-hydrogen) atoms. The minimum absolute atomic E-state index is 0.228. The first-order chi connectivity index (χ1) is 8.36. The first-order valence-electron chi connectivity index (χ1n) is 6.17. The summed E-state index contributed by atoms with van der Waals surface area (Å²) < 4.78 is 6.95. The number of halogens is 1. The highest BCUT2D eigenvalue weighted by Gasteiger charge is 2.27. The van der Waals surface area contributed by atoms with Crippen molar-refractivity contribution in [1.82, 2.24) is 0 Å². The Hall–Kier alpha value is -0.420. The summed E-state index contributed by atoms with van der Waals surface area (Å²) in [6.07, 6.45) is 0.00295. The number of aliphatic hydroxyl groups is 1. The van der Waals surface area contributed by atoms with Gasteiger partial charge >= 0.3 is 0 Å². The summed E-state index contributed by atoms with van der Waals surface area (Å²) in [6, 6.07) is 8.11. The van der Waals surface area contributed by atoms with E-state index < -0.39 is 11.7 Å². The van der Waals surface area contributed by atoms with Gasteiger partial charge in [0.2, 0.25) is 0 Å². The van der Waals surface area contributed by atoms with Gasteiger partial charge in [-0.05, 0) is 38.5 Å². The number of rotatable bonds is 6. The van der Waals surface area contributed by atoms with E-state index in [9.17, 15) is 5.11 Å². The molecule has 0 radical (unpaired) electrons. The zero-order chi connectivity index (χ0) is 13.8. The Bertz CT molecular complexity index is 367. The summed E-state index contributed by atoms with van der Waals surface area (Å²) >= 11 is 3.41. The fraction of sp³-hybridized carbons (Fsp3) is 0.571. The van der Waals surface area contributed by atoms with E-state index in [-0.39, 0.29) is 6.10 Å². The monoisotopic (exact) mass is 315 g/mol. The Kier molecular flexibility index (Phi) is 5.79. The van der Waals surface area contributed by atoms with E-state index >= 15 is 0 Å². The molecule has 3 unspecified atom stereocenters. The number of aliphatic hydroxyl groups excluding tert-OH is 1. The normalized spacial score (nSPS) is 18.1. The van der Waals surface area contributed by atoms with Gasteiger partial charge in [-0.15, -0.1) is 0 Å². The third-order valence-corrected chi connectivity index (χ3v) is 3.60. The SMILES string of the molecule is CC(O)C(C)OC(C)(CN)Cc1ccc(Br)cc1. The highest BCUT2D eigenvalue weighted by molar-refractivity contribution is 9.10. The van der Waals surface area contributed by atoms with Crippen molar-refractivity contribution in [2.24, 2.45) is 5.73 Å². The van der Waals surface area contributed by atoms with Crippen molar-refractivity contribution in [3.63, 3.8) is 0 Å². The molecular formula is C14H22BrNO2. The first kappa shape index (κ1) is 15.6. The van der Waals surface area contributed by atoms with Crippen molar-refractivity contribution >= 4 is 15.9 Å². The molecule has 1 rings (SSSR count). The molecule has 0 aliphatic carbocycles. The molecule has 0 bridgehead atoms. The number of ether oxygens (including phenoxy) is 1. The number of benzene rings is 1. The molecule has 0 aliphatic rings. The van der Waals surface area contributed by atoms with Crippen LogP contribution in [0.4, 0.5) is 0 Å². The summed E-state index contributed by atoms with van der Waals surface area (Å²) in [5.74, 6) is 0. The molecule has 0 fully saturated rings. The maximum atomic E-state index is 9.51. The Morgan fingerprint density at radius 2 is 1.89 bits per heavy atom. The van der Waals surface area contributed by atoms with Crippen LogP contribution in [-0.4, -0.2) is 29.5 Å². The van der Waals surface area contributed by atoms with Crippen LogP contribution in [0.1, 0.15) is 26.3 Å². The largest absolute Gasteiger partial charge is 0.391 e. The van der Waals surface area contributed by atoms with Crippen LogP contribution >= 0.6 is 15.9 Å². The van der Waals surface area contributed by atoms with Gasteiger partial charge in [0.25, 0.3) is 0 Å². The van der Waals surface area contributed by atoms with Crippen LogP contribution in [0, 0.1) is 0 Å². The molecule has 1 aromatic carbocycles. The summed E-state index contributed by atoms with van der Waals surface area (Å²) in [5, 5.41) is 9.51. The van der Waals surface area contributed by atoms with Crippen molar-refractivity contribution in [2.75, 3.05) is 6.54 Å². The fourth-order valence-electron chi connectivity index (χ4n) is 1.74. The summed E-state index contributed by atoms with van der Waals surface area (Å²) in [6.45, 7) is 5.98. The zero-order valence-electron chi connectivity index (χ0n) is 11.2. The Labute approximate surface area is 117 Å². The zero-order valence-corrected chi connectivity index (χ0v) is 12.8. The molecule has 0 saturated carbocycles. The van der Waals surface area contributed by atoms with Gasteiger partial charge in [0.15, 0.2) is 0 Å². The number of hydrogen-bond donors (Lipinski definition) is 2. The fourth-order valence-corrected chi connectivity index (χ4v) is 2.01. The maximum Gasteiger partial charge on any atom is 0.0821 e. The highest BCUT2D eigenvalue weighted by Crippen LogP contribution is 2.21. The van der Waals surface area contributed by atoms with E-state index in [1.54, 1.807) is 6.92 Å². The predicted molar refractivity (Wildman–Crippen MR) is 77.5 cm³/mol. The van der Waals surface area contributed by atoms with Gasteiger partial charge in [-0.1, -0.05) is 28.1 Å². The minimum Gasteiger partial charge on any atom is -0.391 e. The van der Waals surface area contributed by atoms with Crippen LogP contribution in [0.15, 0.2) is 28.7 Å². The Balaban J connectivity index is 2.72. The molecule has 102 valence electrons. The molecule has 0 aromatic heterocycles. The van der Waals surface area contributed by atoms with Gasteiger partial charge in [0.1, 0.15) is 0 Å². The topological polar surface area (TPSA) is 55.5 Å². The van der Waals surface area contributed by atoms with E-state index in [4.69, 9.17) is 10.5 Å². The summed E-state index contributed by atoms with van der Waals surface area (Å²) in [5.41, 5.74) is 6.53. The molecule has 1 aromatic rings. The van der Waals surface area contributed by atoms with Crippen molar-refractivity contribution in [3.8, 4) is 0 Å². The van der Waals surface area contributed by atoms with Crippen LogP contribution in [0.3, 0.4) is 0 Å². The van der Waals surface area contributed by atoms with E-state index in [2.05, 4.69) is 15.9 Å². The van der Waals surface area contributed by atoms with Crippen LogP contribution in [0.5, 0.6) is 0 Å². The van der Waals surface area contributed by atoms with E-state index in [0.29, 0.717) is 6.54 Å². The highest BCUT2D eigenvalue weighted by atomic mass is 79.9. The van der Waals surface area contributed by atoms with Gasteiger partial charge < -0.3 is 15.6 Å². The molecule has 0 amide bonds. The molecule has 3 nitrogen and oxygen atoms in total. The van der Waals surface area contributed by atoms with Crippen molar-refractivity contribution in [1.29, 1.82) is 0 Å². The van der Waals surface area contributed by atoms with Gasteiger partial charge in [-0.2, -0.15) is 0 Å². The van der Waals surface area contributed by atoms with Gasteiger partial charge in [-0.25, -0.2) is 0 Å². The average molecular weight is 316 g/mol. The van der Waals surface area contributed by atoms with Crippen LogP contribution in [0.2, 0.25) is 0 Å². The average Bonchev–Trinajstić information content (AvgIpc) is 2.32. The quantitative estimate of drug-likeness (QED) is 0.848. The number of nitrogens with two attached hydrogens (primary N) is 1. The second-order valence-electron chi connectivity index (χ2n) is 5.02. The molecule has 0 aliphatic heterocycles. The third-order valence-electron chi connectivity index (χ3n) is 3.07. The predicted octanol–water partition coefficient (Wildman–Crippen LogP) is 2.49. The third kappa shape index (κ3) is 4.69. The minimum atomic E-state index is -0.499. The lowest BCUT2D eigenvalue weighted by atomic mass is 9.96. The lowest BCUT2D eigenvalue weighted by Crippen LogP contribution is -2.44. The Morgan fingerprint density at radius 3 is 2.33 bits per heavy atom. The van der Waals surface area contributed by atoms with Gasteiger partial charge in [0, 0.05) is 17.4 Å². The molecule has 3 atom stereocenters. The summed E-state index contributed by atoms with van der Waals surface area (Å²) in [7, 11) is 0. The maximum absolute atomic E-state index is 9.51. The van der Waals surface area contributed by atoms with Crippen LogP contribution in [0.25, 0.3) is 0 Å². The lowest BCUT2D eigenvalue weighted by Gasteiger charge is -2.33. The van der Waals surface area contributed by atoms with Gasteiger partial charge in [0.05, 0.1) is 17.8 Å². The van der Waals surface area contributed by atoms with Crippen LogP contribution in [-0.2, 0) is 11.2 Å². The van der Waals surface area contributed by atoms with Crippen LogP contribution < -0.4 is 5.73 Å². The molecule has 0 saturated heterocycles. The molecule has 0 spiro atoms. The Morgan fingerprint density at radius 1 is 1.33 bits per heavy atom. The second kappa shape index (κ2) is 6.66. The van der Waals surface area contributed by atoms with Crippen molar-refractivity contribution in [3.05, 3.63) is 34.3 Å². The molecular weight excluding hydrogens is 294 g/mol. The number of hydrogen-bond acceptors (Lipinski definition) is 3. The van der Waals surface area contributed by atoms with Crippen molar-refractivity contribution < 1.29 is 9.84 Å².